The van der Waals surface area contributed by atoms with Gasteiger partial charge < -0.3 is 14.5 Å². The van der Waals surface area contributed by atoms with Gasteiger partial charge in [0.05, 0.1) is 11.1 Å². The normalized spacial score (nSPS) is 20.0. The first-order valence-electron chi connectivity index (χ1n) is 6.87. The highest BCUT2D eigenvalue weighted by atomic mass is 35.5. The third-order valence-electron chi connectivity index (χ3n) is 3.96. The van der Waals surface area contributed by atoms with Crippen molar-refractivity contribution in [2.45, 2.75) is 6.04 Å². The summed E-state index contributed by atoms with van der Waals surface area (Å²) in [6.07, 6.45) is 5.29. The number of aromatic amines is 1. The Hall–Kier alpha value is -1.79. The van der Waals surface area contributed by atoms with E-state index in [0.29, 0.717) is 23.8 Å². The SMILES string of the molecule is CN1CCN(C(=O)c2cc(Cl)cn2C)C[C@@H]1c1ncc[nH]1. The lowest BCUT2D eigenvalue weighted by Crippen LogP contribution is -2.49. The Labute approximate surface area is 128 Å². The lowest BCUT2D eigenvalue weighted by molar-refractivity contribution is 0.0525. The van der Waals surface area contributed by atoms with Crippen molar-refractivity contribution in [1.82, 2.24) is 24.3 Å². The van der Waals surface area contributed by atoms with Crippen LogP contribution in [-0.2, 0) is 7.05 Å². The number of likely N-dealkylation sites (N-methyl/N-ethyl adjacent to an activating group) is 1. The lowest BCUT2D eigenvalue weighted by Gasteiger charge is -2.38. The Morgan fingerprint density at radius 1 is 1.43 bits per heavy atom. The van der Waals surface area contributed by atoms with Crippen molar-refractivity contribution in [1.29, 1.82) is 0 Å². The third-order valence-corrected chi connectivity index (χ3v) is 4.17. The largest absolute Gasteiger partial charge is 0.347 e. The minimum atomic E-state index is 0.00839. The van der Waals surface area contributed by atoms with Crippen LogP contribution in [0.3, 0.4) is 0 Å². The van der Waals surface area contributed by atoms with Gasteiger partial charge in [0.15, 0.2) is 0 Å². The number of hydrogen-bond donors (Lipinski definition) is 1. The van der Waals surface area contributed by atoms with Gasteiger partial charge in [-0.25, -0.2) is 4.98 Å². The van der Waals surface area contributed by atoms with Crippen LogP contribution in [0.25, 0.3) is 0 Å². The summed E-state index contributed by atoms with van der Waals surface area (Å²) < 4.78 is 1.77. The molecule has 0 aromatic carbocycles. The summed E-state index contributed by atoms with van der Waals surface area (Å²) >= 11 is 5.97. The average molecular weight is 308 g/mol. The molecule has 7 heteroatoms. The maximum absolute atomic E-state index is 12.7. The number of hydrogen-bond acceptors (Lipinski definition) is 3. The molecule has 0 bridgehead atoms. The van der Waals surface area contributed by atoms with Gasteiger partial charge in [0.1, 0.15) is 11.5 Å². The number of H-pyrrole nitrogens is 1. The Bertz CT molecular complexity index is 636. The molecule has 1 aliphatic rings. The zero-order valence-corrected chi connectivity index (χ0v) is 12.8. The van der Waals surface area contributed by atoms with Crippen molar-refractivity contribution in [2.75, 3.05) is 26.7 Å². The summed E-state index contributed by atoms with van der Waals surface area (Å²) in [5, 5.41) is 0.581. The molecule has 3 heterocycles. The van der Waals surface area contributed by atoms with Gasteiger partial charge in [0, 0.05) is 45.3 Å². The number of piperazine rings is 1. The number of rotatable bonds is 2. The first-order valence-corrected chi connectivity index (χ1v) is 7.24. The monoisotopic (exact) mass is 307 g/mol. The van der Waals surface area contributed by atoms with Gasteiger partial charge >= 0.3 is 0 Å². The van der Waals surface area contributed by atoms with Gasteiger partial charge in [-0.1, -0.05) is 11.6 Å². The highest BCUT2D eigenvalue weighted by molar-refractivity contribution is 6.31. The van der Waals surface area contributed by atoms with E-state index in [9.17, 15) is 4.79 Å². The molecule has 0 radical (unpaired) electrons. The highest BCUT2D eigenvalue weighted by Gasteiger charge is 2.31. The Kier molecular flexibility index (Phi) is 3.73. The lowest BCUT2D eigenvalue weighted by atomic mass is 10.1. The molecule has 1 fully saturated rings. The van der Waals surface area contributed by atoms with E-state index in [1.165, 1.54) is 0 Å². The van der Waals surface area contributed by atoms with Crippen molar-refractivity contribution < 1.29 is 4.79 Å². The molecule has 1 aliphatic heterocycles. The van der Waals surface area contributed by atoms with Crippen LogP contribution in [0.5, 0.6) is 0 Å². The zero-order valence-electron chi connectivity index (χ0n) is 12.1. The molecule has 3 rings (SSSR count). The number of halogens is 1. The van der Waals surface area contributed by atoms with Crippen LogP contribution in [0.1, 0.15) is 22.4 Å². The Morgan fingerprint density at radius 2 is 2.24 bits per heavy atom. The van der Waals surface area contributed by atoms with Crippen molar-refractivity contribution >= 4 is 17.5 Å². The molecule has 2 aromatic rings. The van der Waals surface area contributed by atoms with E-state index in [0.717, 1.165) is 12.4 Å². The second kappa shape index (κ2) is 5.54. The van der Waals surface area contributed by atoms with Gasteiger partial charge in [-0.3, -0.25) is 9.69 Å². The van der Waals surface area contributed by atoms with Crippen molar-refractivity contribution in [3.05, 3.63) is 41.2 Å². The molecule has 0 unspecified atom stereocenters. The van der Waals surface area contributed by atoms with Crippen LogP contribution >= 0.6 is 11.6 Å². The van der Waals surface area contributed by atoms with E-state index < -0.39 is 0 Å². The maximum Gasteiger partial charge on any atom is 0.270 e. The number of nitrogens with zero attached hydrogens (tertiary/aromatic N) is 4. The first-order chi connectivity index (χ1) is 10.1. The molecule has 0 saturated carbocycles. The van der Waals surface area contributed by atoms with Gasteiger partial charge in [0.25, 0.3) is 5.91 Å². The molecule has 0 aliphatic carbocycles. The van der Waals surface area contributed by atoms with Crippen LogP contribution in [0.15, 0.2) is 24.7 Å². The molecule has 2 aromatic heterocycles. The highest BCUT2D eigenvalue weighted by Crippen LogP contribution is 2.23. The van der Waals surface area contributed by atoms with Gasteiger partial charge in [0.2, 0.25) is 0 Å². The quantitative estimate of drug-likeness (QED) is 0.915. The summed E-state index contributed by atoms with van der Waals surface area (Å²) in [7, 11) is 3.88. The predicted molar refractivity (Wildman–Crippen MR) is 80.3 cm³/mol. The molecule has 6 nitrogen and oxygen atoms in total. The second-order valence-electron chi connectivity index (χ2n) is 5.38. The molecule has 21 heavy (non-hydrogen) atoms. The summed E-state index contributed by atoms with van der Waals surface area (Å²) in [5.41, 5.74) is 0.614. The standard InChI is InChI=1S/C14H18ClN5O/c1-18-5-6-20(9-12(18)13-16-3-4-17-13)14(21)11-7-10(15)8-19(11)2/h3-4,7-8,12H,5-6,9H2,1-2H3,(H,16,17)/t12-/m1/s1. The second-order valence-corrected chi connectivity index (χ2v) is 5.81. The zero-order chi connectivity index (χ0) is 15.0. The van der Waals surface area contributed by atoms with E-state index in [2.05, 4.69) is 14.9 Å². The Morgan fingerprint density at radius 3 is 2.86 bits per heavy atom. The fourth-order valence-electron chi connectivity index (χ4n) is 2.71. The number of nitrogens with one attached hydrogen (secondary N) is 1. The number of aromatic nitrogens is 3. The molecular formula is C14H18ClN5O. The van der Waals surface area contributed by atoms with E-state index in [1.54, 1.807) is 29.2 Å². The number of aryl methyl sites for hydroxylation is 1. The number of carbonyl (C=O) groups is 1. The minimum Gasteiger partial charge on any atom is -0.347 e. The predicted octanol–water partition coefficient (Wildman–Crippen LogP) is 1.53. The van der Waals surface area contributed by atoms with Crippen LogP contribution in [0.4, 0.5) is 0 Å². The first kappa shape index (κ1) is 14.2. The number of carbonyl (C=O) groups excluding carboxylic acids is 1. The third kappa shape index (κ3) is 2.69. The van der Waals surface area contributed by atoms with Crippen LogP contribution in [0.2, 0.25) is 5.02 Å². The van der Waals surface area contributed by atoms with Crippen molar-refractivity contribution in [3.63, 3.8) is 0 Å². The van der Waals surface area contributed by atoms with E-state index in [-0.39, 0.29) is 11.9 Å². The fraction of sp³-hybridized carbons (Fsp3) is 0.429. The number of imidazole rings is 1. The average Bonchev–Trinajstić information content (AvgIpc) is 3.08. The fourth-order valence-corrected chi connectivity index (χ4v) is 2.96. The van der Waals surface area contributed by atoms with Gasteiger partial charge in [-0.05, 0) is 13.1 Å². The summed E-state index contributed by atoms with van der Waals surface area (Å²) in [5.74, 6) is 0.897. The van der Waals surface area contributed by atoms with Gasteiger partial charge in [-0.15, -0.1) is 0 Å². The molecule has 0 spiro atoms. The molecule has 1 atom stereocenters. The van der Waals surface area contributed by atoms with E-state index >= 15 is 0 Å². The van der Waals surface area contributed by atoms with Crippen molar-refractivity contribution in [3.8, 4) is 0 Å². The molecular weight excluding hydrogens is 290 g/mol. The van der Waals surface area contributed by atoms with Crippen LogP contribution in [0, 0.1) is 0 Å². The molecule has 1 amide bonds. The number of amides is 1. The summed E-state index contributed by atoms with van der Waals surface area (Å²) in [6, 6.07) is 1.80. The van der Waals surface area contributed by atoms with Crippen LogP contribution in [-0.4, -0.2) is 56.9 Å². The minimum absolute atomic E-state index is 0.00839. The smallest absolute Gasteiger partial charge is 0.270 e. The summed E-state index contributed by atoms with van der Waals surface area (Å²) in [6.45, 7) is 2.14. The van der Waals surface area contributed by atoms with Gasteiger partial charge in [-0.2, -0.15) is 0 Å². The Balaban J connectivity index is 1.80. The maximum atomic E-state index is 12.7. The molecule has 1 saturated heterocycles. The molecule has 112 valence electrons. The van der Waals surface area contributed by atoms with Crippen LogP contribution < -0.4 is 0 Å². The van der Waals surface area contributed by atoms with E-state index in [1.807, 2.05) is 19.0 Å². The summed E-state index contributed by atoms with van der Waals surface area (Å²) in [4.78, 5) is 24.2. The van der Waals surface area contributed by atoms with E-state index in [4.69, 9.17) is 11.6 Å². The molecule has 1 N–H and O–H groups in total. The van der Waals surface area contributed by atoms with Crippen molar-refractivity contribution in [2.24, 2.45) is 7.05 Å². The topological polar surface area (TPSA) is 57.2 Å².